The van der Waals surface area contributed by atoms with Gasteiger partial charge >= 0.3 is 0 Å². The van der Waals surface area contributed by atoms with Crippen LogP contribution >= 0.6 is 0 Å². The molecule has 0 radical (unpaired) electrons. The number of likely N-dealkylation sites (N-methyl/N-ethyl adjacent to an activating group) is 1. The molecule has 18 heavy (non-hydrogen) atoms. The van der Waals surface area contributed by atoms with Crippen LogP contribution in [-0.4, -0.2) is 28.5 Å². The summed E-state index contributed by atoms with van der Waals surface area (Å²) in [4.78, 5) is 0. The van der Waals surface area contributed by atoms with Gasteiger partial charge in [-0.3, -0.25) is 4.68 Å². The van der Waals surface area contributed by atoms with Crippen LogP contribution in [0, 0.1) is 0 Å². The Morgan fingerprint density at radius 1 is 1.50 bits per heavy atom. The molecule has 2 unspecified atom stereocenters. The molecule has 1 aliphatic heterocycles. The Morgan fingerprint density at radius 3 is 2.89 bits per heavy atom. The largest absolute Gasteiger partial charge is 0.373 e. The molecule has 1 aromatic rings. The number of rotatable bonds is 5. The van der Waals surface area contributed by atoms with E-state index in [4.69, 9.17) is 4.74 Å². The monoisotopic (exact) mass is 251 g/mol. The zero-order chi connectivity index (χ0) is 13.0. The molecule has 4 heteroatoms. The normalized spacial score (nSPS) is 26.2. The van der Waals surface area contributed by atoms with Crippen LogP contribution in [0.1, 0.15) is 51.6 Å². The molecule has 0 saturated carbocycles. The standard InChI is InChI=1S/C14H25N3O/c1-4-15-13(12-10-16-17(5-2)11-12)14(3)8-6-7-9-18-14/h10-11,13,15H,4-9H2,1-3H3. The van der Waals surface area contributed by atoms with E-state index in [0.29, 0.717) is 0 Å². The average molecular weight is 251 g/mol. The Bertz CT molecular complexity index is 369. The maximum absolute atomic E-state index is 6.08. The number of hydrogen-bond donors (Lipinski definition) is 1. The molecule has 0 bridgehead atoms. The zero-order valence-electron chi connectivity index (χ0n) is 11.8. The quantitative estimate of drug-likeness (QED) is 0.874. The van der Waals surface area contributed by atoms with Crippen LogP contribution < -0.4 is 5.32 Å². The van der Waals surface area contributed by atoms with E-state index >= 15 is 0 Å². The second-order valence-electron chi connectivity index (χ2n) is 5.24. The van der Waals surface area contributed by atoms with Gasteiger partial charge in [-0.1, -0.05) is 6.92 Å². The molecule has 0 aliphatic carbocycles. The number of aromatic nitrogens is 2. The fourth-order valence-electron chi connectivity index (χ4n) is 2.78. The van der Waals surface area contributed by atoms with Crippen molar-refractivity contribution in [1.82, 2.24) is 15.1 Å². The van der Waals surface area contributed by atoms with Gasteiger partial charge in [0.05, 0.1) is 17.8 Å². The molecular weight excluding hydrogens is 226 g/mol. The van der Waals surface area contributed by atoms with Crippen molar-refractivity contribution in [1.29, 1.82) is 0 Å². The lowest BCUT2D eigenvalue weighted by atomic mass is 9.85. The molecular formula is C14H25N3O. The first-order valence-corrected chi connectivity index (χ1v) is 7.09. The predicted molar refractivity (Wildman–Crippen MR) is 72.5 cm³/mol. The Hall–Kier alpha value is -0.870. The predicted octanol–water partition coefficient (Wildman–Crippen LogP) is 2.51. The van der Waals surface area contributed by atoms with Gasteiger partial charge in [0.1, 0.15) is 0 Å². The SMILES string of the molecule is CCNC(c1cnn(CC)c1)C1(C)CCCCO1. The van der Waals surface area contributed by atoms with Crippen molar-refractivity contribution < 1.29 is 4.74 Å². The number of ether oxygens (including phenoxy) is 1. The van der Waals surface area contributed by atoms with Crippen molar-refractivity contribution in [3.8, 4) is 0 Å². The summed E-state index contributed by atoms with van der Waals surface area (Å²) in [6.07, 6.45) is 7.65. The molecule has 102 valence electrons. The summed E-state index contributed by atoms with van der Waals surface area (Å²) in [6.45, 7) is 9.21. The fourth-order valence-corrected chi connectivity index (χ4v) is 2.78. The van der Waals surface area contributed by atoms with Gasteiger partial charge in [-0.25, -0.2) is 0 Å². The van der Waals surface area contributed by atoms with E-state index in [1.54, 1.807) is 0 Å². The van der Waals surface area contributed by atoms with Crippen LogP contribution in [0.15, 0.2) is 12.4 Å². The van der Waals surface area contributed by atoms with Gasteiger partial charge < -0.3 is 10.1 Å². The van der Waals surface area contributed by atoms with E-state index in [1.807, 2.05) is 10.9 Å². The molecule has 0 amide bonds. The Morgan fingerprint density at radius 2 is 2.33 bits per heavy atom. The smallest absolute Gasteiger partial charge is 0.0849 e. The van der Waals surface area contributed by atoms with Gasteiger partial charge in [-0.05, 0) is 39.7 Å². The summed E-state index contributed by atoms with van der Waals surface area (Å²) in [6, 6.07) is 0.239. The molecule has 2 rings (SSSR count). The van der Waals surface area contributed by atoms with Gasteiger partial charge in [0.25, 0.3) is 0 Å². The minimum absolute atomic E-state index is 0.101. The molecule has 4 nitrogen and oxygen atoms in total. The molecule has 1 aliphatic rings. The lowest BCUT2D eigenvalue weighted by molar-refractivity contribution is -0.0895. The second kappa shape index (κ2) is 5.85. The van der Waals surface area contributed by atoms with Gasteiger partial charge in [-0.15, -0.1) is 0 Å². The summed E-state index contributed by atoms with van der Waals surface area (Å²) < 4.78 is 8.06. The average Bonchev–Trinajstić information content (AvgIpc) is 2.85. The Kier molecular flexibility index (Phi) is 4.40. The van der Waals surface area contributed by atoms with Gasteiger partial charge in [0.2, 0.25) is 0 Å². The molecule has 1 N–H and O–H groups in total. The lowest BCUT2D eigenvalue weighted by Gasteiger charge is -2.40. The summed E-state index contributed by atoms with van der Waals surface area (Å²) in [5.74, 6) is 0. The number of nitrogens with one attached hydrogen (secondary N) is 1. The summed E-state index contributed by atoms with van der Waals surface area (Å²) >= 11 is 0. The first kappa shape index (κ1) is 13.6. The Labute approximate surface area is 110 Å². The molecule has 0 aromatic carbocycles. The van der Waals surface area contributed by atoms with E-state index in [1.165, 1.54) is 18.4 Å². The van der Waals surface area contributed by atoms with E-state index in [0.717, 1.165) is 26.1 Å². The van der Waals surface area contributed by atoms with Gasteiger partial charge in [0, 0.05) is 24.9 Å². The van der Waals surface area contributed by atoms with Gasteiger partial charge in [-0.2, -0.15) is 5.10 Å². The topological polar surface area (TPSA) is 39.1 Å². The first-order chi connectivity index (χ1) is 8.69. The maximum atomic E-state index is 6.08. The fraction of sp³-hybridized carbons (Fsp3) is 0.786. The second-order valence-corrected chi connectivity index (χ2v) is 5.24. The van der Waals surface area contributed by atoms with Crippen LogP contribution in [0.3, 0.4) is 0 Å². The molecule has 2 atom stereocenters. The molecule has 1 saturated heterocycles. The highest BCUT2D eigenvalue weighted by molar-refractivity contribution is 5.16. The van der Waals surface area contributed by atoms with E-state index in [-0.39, 0.29) is 11.6 Å². The third-order valence-corrected chi connectivity index (χ3v) is 3.83. The minimum Gasteiger partial charge on any atom is -0.373 e. The minimum atomic E-state index is -0.101. The van der Waals surface area contributed by atoms with Crippen LogP contribution in [0.5, 0.6) is 0 Å². The summed E-state index contributed by atoms with van der Waals surface area (Å²) in [5.41, 5.74) is 1.14. The zero-order valence-corrected chi connectivity index (χ0v) is 11.8. The Balaban J connectivity index is 2.20. The highest BCUT2D eigenvalue weighted by Gasteiger charge is 2.37. The van der Waals surface area contributed by atoms with Crippen molar-refractivity contribution in [2.24, 2.45) is 0 Å². The molecule has 1 aromatic heterocycles. The molecule has 2 heterocycles. The van der Waals surface area contributed by atoms with Crippen molar-refractivity contribution in [2.75, 3.05) is 13.2 Å². The van der Waals surface area contributed by atoms with Crippen LogP contribution in [0.4, 0.5) is 0 Å². The number of hydrogen-bond acceptors (Lipinski definition) is 3. The lowest BCUT2D eigenvalue weighted by Crippen LogP contribution is -2.45. The highest BCUT2D eigenvalue weighted by Crippen LogP contribution is 2.36. The van der Waals surface area contributed by atoms with Crippen molar-refractivity contribution in [3.05, 3.63) is 18.0 Å². The van der Waals surface area contributed by atoms with Crippen LogP contribution in [0.25, 0.3) is 0 Å². The molecule has 1 fully saturated rings. The van der Waals surface area contributed by atoms with Crippen molar-refractivity contribution >= 4 is 0 Å². The molecule has 0 spiro atoms. The van der Waals surface area contributed by atoms with Crippen molar-refractivity contribution in [2.45, 2.75) is 58.2 Å². The van der Waals surface area contributed by atoms with E-state index < -0.39 is 0 Å². The first-order valence-electron chi connectivity index (χ1n) is 7.09. The maximum Gasteiger partial charge on any atom is 0.0849 e. The van der Waals surface area contributed by atoms with E-state index in [2.05, 4.69) is 37.4 Å². The van der Waals surface area contributed by atoms with Crippen LogP contribution in [-0.2, 0) is 11.3 Å². The van der Waals surface area contributed by atoms with Gasteiger partial charge in [0.15, 0.2) is 0 Å². The van der Waals surface area contributed by atoms with E-state index in [9.17, 15) is 0 Å². The van der Waals surface area contributed by atoms with Crippen molar-refractivity contribution in [3.63, 3.8) is 0 Å². The van der Waals surface area contributed by atoms with Crippen LogP contribution in [0.2, 0.25) is 0 Å². The number of nitrogens with zero attached hydrogens (tertiary/aromatic N) is 2. The third-order valence-electron chi connectivity index (χ3n) is 3.83. The summed E-state index contributed by atoms with van der Waals surface area (Å²) in [5, 5.41) is 7.95. The third kappa shape index (κ3) is 2.75. The number of aryl methyl sites for hydroxylation is 1. The highest BCUT2D eigenvalue weighted by atomic mass is 16.5. The summed E-state index contributed by atoms with van der Waals surface area (Å²) in [7, 11) is 0.